The van der Waals surface area contributed by atoms with E-state index in [1.807, 2.05) is 0 Å². The Morgan fingerprint density at radius 1 is 0.895 bits per heavy atom. The molecule has 0 radical (unpaired) electrons. The van der Waals surface area contributed by atoms with Gasteiger partial charge >= 0.3 is 0 Å². The highest BCUT2D eigenvalue weighted by Crippen LogP contribution is 2.13. The van der Waals surface area contributed by atoms with Crippen LogP contribution in [-0.2, 0) is 0 Å². The van der Waals surface area contributed by atoms with Gasteiger partial charge in [-0.15, -0.1) is 0 Å². The molecule has 0 aliphatic rings. The molecule has 2 nitrogen and oxygen atoms in total. The number of hydrogen-bond donors (Lipinski definition) is 2. The Morgan fingerprint density at radius 3 is 2.05 bits per heavy atom. The summed E-state index contributed by atoms with van der Waals surface area (Å²) in [6, 6.07) is 0. The third-order valence-corrected chi connectivity index (χ3v) is 3.59. The van der Waals surface area contributed by atoms with Gasteiger partial charge < -0.3 is 10.6 Å². The van der Waals surface area contributed by atoms with Crippen LogP contribution in [0.1, 0.15) is 59.8 Å². The van der Waals surface area contributed by atoms with E-state index in [2.05, 4.69) is 51.5 Å². The lowest BCUT2D eigenvalue weighted by atomic mass is 10.0. The van der Waals surface area contributed by atoms with Crippen LogP contribution in [0.3, 0.4) is 0 Å². The summed E-state index contributed by atoms with van der Waals surface area (Å²) in [5.41, 5.74) is 2.34. The first-order chi connectivity index (χ1) is 8.99. The molecular formula is C17H34N2. The highest BCUT2D eigenvalue weighted by atomic mass is 14.9. The molecule has 0 heterocycles. The maximum Gasteiger partial charge on any atom is 0.0144 e. The van der Waals surface area contributed by atoms with Gasteiger partial charge in [-0.1, -0.05) is 53.7 Å². The standard InChI is InChI=1S/C17H34N2/c1-7-8-9-12-19-17(6)15(4)11-10-13-18-16(5)14(2)3/h14-15,18-19H,5-13H2,1-4H3. The lowest BCUT2D eigenvalue weighted by Crippen LogP contribution is -2.21. The predicted molar refractivity (Wildman–Crippen MR) is 87.0 cm³/mol. The van der Waals surface area contributed by atoms with E-state index in [9.17, 15) is 0 Å². The van der Waals surface area contributed by atoms with Crippen molar-refractivity contribution in [3.8, 4) is 0 Å². The molecule has 2 N–H and O–H groups in total. The molecule has 1 unspecified atom stereocenters. The van der Waals surface area contributed by atoms with Gasteiger partial charge in [-0.3, -0.25) is 0 Å². The van der Waals surface area contributed by atoms with E-state index in [1.165, 1.54) is 37.8 Å². The molecule has 0 spiro atoms. The van der Waals surface area contributed by atoms with Gasteiger partial charge in [0.2, 0.25) is 0 Å². The fourth-order valence-corrected chi connectivity index (χ4v) is 1.83. The Kier molecular flexibility index (Phi) is 10.4. The average Bonchev–Trinajstić information content (AvgIpc) is 2.38. The molecule has 0 aliphatic carbocycles. The predicted octanol–water partition coefficient (Wildman–Crippen LogP) is 4.46. The van der Waals surface area contributed by atoms with Crippen LogP contribution in [0.5, 0.6) is 0 Å². The maximum absolute atomic E-state index is 4.15. The van der Waals surface area contributed by atoms with Crippen LogP contribution in [0.25, 0.3) is 0 Å². The zero-order chi connectivity index (χ0) is 14.7. The SMILES string of the molecule is C=C(NCCCC(C)C(=C)NCCCCC)C(C)C. The second-order valence-corrected chi connectivity index (χ2v) is 5.81. The zero-order valence-corrected chi connectivity index (χ0v) is 13.5. The summed E-state index contributed by atoms with van der Waals surface area (Å²) in [5.74, 6) is 1.07. The van der Waals surface area contributed by atoms with Gasteiger partial charge in [0, 0.05) is 24.5 Å². The zero-order valence-electron chi connectivity index (χ0n) is 13.5. The summed E-state index contributed by atoms with van der Waals surface area (Å²) >= 11 is 0. The minimum Gasteiger partial charge on any atom is -0.389 e. The Bertz CT molecular complexity index is 256. The summed E-state index contributed by atoms with van der Waals surface area (Å²) < 4.78 is 0. The van der Waals surface area contributed by atoms with Crippen molar-refractivity contribution in [1.82, 2.24) is 10.6 Å². The van der Waals surface area contributed by atoms with Gasteiger partial charge in [0.25, 0.3) is 0 Å². The Hall–Kier alpha value is -0.920. The maximum atomic E-state index is 4.15. The van der Waals surface area contributed by atoms with Crippen LogP contribution in [0.15, 0.2) is 24.6 Å². The molecule has 0 rings (SSSR count). The van der Waals surface area contributed by atoms with E-state index in [1.54, 1.807) is 0 Å². The fraction of sp³-hybridized carbons (Fsp3) is 0.765. The summed E-state index contributed by atoms with van der Waals surface area (Å²) in [6.45, 7) is 19.1. The smallest absolute Gasteiger partial charge is 0.0144 e. The van der Waals surface area contributed by atoms with Crippen molar-refractivity contribution in [1.29, 1.82) is 0 Å². The number of hydrogen-bond acceptors (Lipinski definition) is 2. The third-order valence-electron chi connectivity index (χ3n) is 3.59. The van der Waals surface area contributed by atoms with Crippen LogP contribution in [0.4, 0.5) is 0 Å². The van der Waals surface area contributed by atoms with Crippen molar-refractivity contribution < 1.29 is 0 Å². The molecular weight excluding hydrogens is 232 g/mol. The lowest BCUT2D eigenvalue weighted by molar-refractivity contribution is 0.517. The van der Waals surface area contributed by atoms with Gasteiger partial charge in [0.1, 0.15) is 0 Å². The Morgan fingerprint density at radius 2 is 1.47 bits per heavy atom. The molecule has 0 aromatic rings. The summed E-state index contributed by atoms with van der Waals surface area (Å²) in [7, 11) is 0. The van der Waals surface area contributed by atoms with E-state index < -0.39 is 0 Å². The molecule has 0 fully saturated rings. The molecule has 0 saturated carbocycles. The lowest BCUT2D eigenvalue weighted by Gasteiger charge is -2.18. The van der Waals surface area contributed by atoms with Crippen LogP contribution in [-0.4, -0.2) is 13.1 Å². The molecule has 0 aliphatic heterocycles. The topological polar surface area (TPSA) is 24.1 Å². The Labute approximate surface area is 120 Å². The molecule has 0 saturated heterocycles. The average molecular weight is 266 g/mol. The van der Waals surface area contributed by atoms with Crippen LogP contribution >= 0.6 is 0 Å². The highest BCUT2D eigenvalue weighted by molar-refractivity contribution is 4.97. The van der Waals surface area contributed by atoms with Crippen molar-refractivity contribution in [3.05, 3.63) is 24.6 Å². The number of nitrogens with one attached hydrogen (secondary N) is 2. The first-order valence-electron chi connectivity index (χ1n) is 7.84. The molecule has 0 bridgehead atoms. The van der Waals surface area contributed by atoms with E-state index in [0.717, 1.165) is 18.8 Å². The van der Waals surface area contributed by atoms with E-state index >= 15 is 0 Å². The minimum atomic E-state index is 0.521. The van der Waals surface area contributed by atoms with Gasteiger partial charge in [0.15, 0.2) is 0 Å². The minimum absolute atomic E-state index is 0.521. The van der Waals surface area contributed by atoms with Gasteiger partial charge in [-0.2, -0.15) is 0 Å². The normalized spacial score (nSPS) is 12.3. The quantitative estimate of drug-likeness (QED) is 0.510. The van der Waals surface area contributed by atoms with Crippen molar-refractivity contribution in [2.75, 3.05) is 13.1 Å². The fourth-order valence-electron chi connectivity index (χ4n) is 1.83. The largest absolute Gasteiger partial charge is 0.389 e. The second kappa shape index (κ2) is 11.0. The van der Waals surface area contributed by atoms with E-state index in [-0.39, 0.29) is 0 Å². The van der Waals surface area contributed by atoms with Crippen molar-refractivity contribution >= 4 is 0 Å². The third kappa shape index (κ3) is 9.63. The first kappa shape index (κ1) is 18.1. The molecule has 1 atom stereocenters. The Balaban J connectivity index is 3.59. The van der Waals surface area contributed by atoms with Gasteiger partial charge in [0.05, 0.1) is 0 Å². The summed E-state index contributed by atoms with van der Waals surface area (Å²) in [4.78, 5) is 0. The first-order valence-corrected chi connectivity index (χ1v) is 7.84. The monoisotopic (exact) mass is 266 g/mol. The molecule has 0 amide bonds. The van der Waals surface area contributed by atoms with Crippen molar-refractivity contribution in [2.45, 2.75) is 59.8 Å². The molecule has 112 valence electrons. The second-order valence-electron chi connectivity index (χ2n) is 5.81. The molecule has 2 heteroatoms. The van der Waals surface area contributed by atoms with Crippen LogP contribution in [0, 0.1) is 11.8 Å². The number of unbranched alkanes of at least 4 members (excludes halogenated alkanes) is 2. The number of allylic oxidation sites excluding steroid dienone is 2. The highest BCUT2D eigenvalue weighted by Gasteiger charge is 2.06. The van der Waals surface area contributed by atoms with Gasteiger partial charge in [-0.05, 0) is 31.1 Å². The molecule has 0 aromatic carbocycles. The van der Waals surface area contributed by atoms with E-state index in [0.29, 0.717) is 11.8 Å². The van der Waals surface area contributed by atoms with E-state index in [4.69, 9.17) is 0 Å². The molecule has 0 aromatic heterocycles. The molecule has 19 heavy (non-hydrogen) atoms. The summed E-state index contributed by atoms with van der Waals surface area (Å²) in [5, 5.41) is 6.84. The van der Waals surface area contributed by atoms with Crippen molar-refractivity contribution in [3.63, 3.8) is 0 Å². The van der Waals surface area contributed by atoms with Crippen LogP contribution < -0.4 is 10.6 Å². The van der Waals surface area contributed by atoms with Crippen molar-refractivity contribution in [2.24, 2.45) is 11.8 Å². The van der Waals surface area contributed by atoms with Crippen LogP contribution in [0.2, 0.25) is 0 Å². The van der Waals surface area contributed by atoms with Gasteiger partial charge in [-0.25, -0.2) is 0 Å². The number of rotatable bonds is 12. The summed E-state index contributed by atoms with van der Waals surface area (Å²) in [6.07, 6.45) is 6.17.